The van der Waals surface area contributed by atoms with Crippen molar-refractivity contribution >= 4 is 43.3 Å². The predicted octanol–water partition coefficient (Wildman–Crippen LogP) is 1.28. The highest BCUT2D eigenvalue weighted by Crippen LogP contribution is 2.34. The maximum atomic E-state index is 12.6. The fourth-order valence-electron chi connectivity index (χ4n) is 1.98. The number of esters is 1. The molecule has 1 aliphatic heterocycles. The predicted molar refractivity (Wildman–Crippen MR) is 79.6 cm³/mol. The molecule has 9 heteroatoms. The Labute approximate surface area is 130 Å². The first-order chi connectivity index (χ1) is 9.36. The van der Waals surface area contributed by atoms with E-state index < -0.39 is 16.0 Å². The summed E-state index contributed by atoms with van der Waals surface area (Å²) in [4.78, 5) is 11.9. The lowest BCUT2D eigenvalue weighted by Crippen LogP contribution is -2.51. The SMILES string of the molecule is COC(=O)c1cc(S(=O)(=O)N2CCN[C@H](C)C2)c(Br)s1. The van der Waals surface area contributed by atoms with Gasteiger partial charge in [-0.15, -0.1) is 11.3 Å². The van der Waals surface area contributed by atoms with E-state index in [0.717, 1.165) is 11.3 Å². The molecule has 0 bridgehead atoms. The Balaban J connectivity index is 2.34. The Hall–Kier alpha value is -0.480. The van der Waals surface area contributed by atoms with E-state index in [1.807, 2.05) is 6.92 Å². The van der Waals surface area contributed by atoms with Crippen LogP contribution in [0.15, 0.2) is 14.7 Å². The van der Waals surface area contributed by atoms with E-state index in [1.165, 1.54) is 17.5 Å². The fourth-order valence-corrected chi connectivity index (χ4v) is 5.95. The van der Waals surface area contributed by atoms with Crippen molar-refractivity contribution in [3.8, 4) is 0 Å². The fraction of sp³-hybridized carbons (Fsp3) is 0.545. The van der Waals surface area contributed by atoms with E-state index in [0.29, 0.717) is 23.4 Å². The molecule has 2 rings (SSSR count). The van der Waals surface area contributed by atoms with E-state index in [2.05, 4.69) is 26.0 Å². The second-order valence-corrected chi connectivity index (χ2v) is 8.73. The third kappa shape index (κ3) is 3.06. The Morgan fingerprint density at radius 2 is 2.30 bits per heavy atom. The summed E-state index contributed by atoms with van der Waals surface area (Å²) in [5.41, 5.74) is 0. The molecule has 0 saturated carbocycles. The molecule has 0 unspecified atom stereocenters. The maximum Gasteiger partial charge on any atom is 0.348 e. The van der Waals surface area contributed by atoms with Gasteiger partial charge in [0.15, 0.2) is 0 Å². The summed E-state index contributed by atoms with van der Waals surface area (Å²) < 4.78 is 31.7. The second-order valence-electron chi connectivity index (χ2n) is 4.46. The van der Waals surface area contributed by atoms with Gasteiger partial charge < -0.3 is 10.1 Å². The van der Waals surface area contributed by atoms with Crippen LogP contribution in [-0.4, -0.2) is 51.5 Å². The minimum Gasteiger partial charge on any atom is -0.465 e. The van der Waals surface area contributed by atoms with Gasteiger partial charge >= 0.3 is 5.97 Å². The van der Waals surface area contributed by atoms with Gasteiger partial charge in [-0.25, -0.2) is 13.2 Å². The molecule has 1 aromatic heterocycles. The third-order valence-electron chi connectivity index (χ3n) is 2.99. The van der Waals surface area contributed by atoms with Gasteiger partial charge in [-0.05, 0) is 28.9 Å². The lowest BCUT2D eigenvalue weighted by Gasteiger charge is -2.30. The first-order valence-electron chi connectivity index (χ1n) is 5.97. The number of hydrogen-bond donors (Lipinski definition) is 1. The summed E-state index contributed by atoms with van der Waals surface area (Å²) in [5.74, 6) is -0.536. The minimum absolute atomic E-state index is 0.107. The topological polar surface area (TPSA) is 75.7 Å². The van der Waals surface area contributed by atoms with Gasteiger partial charge in [0.05, 0.1) is 10.9 Å². The van der Waals surface area contributed by atoms with Crippen molar-refractivity contribution in [1.29, 1.82) is 0 Å². The quantitative estimate of drug-likeness (QED) is 0.796. The number of piperazine rings is 1. The lowest BCUT2D eigenvalue weighted by molar-refractivity contribution is 0.0606. The van der Waals surface area contributed by atoms with E-state index in [4.69, 9.17) is 0 Å². The third-order valence-corrected chi connectivity index (χ3v) is 7.09. The van der Waals surface area contributed by atoms with E-state index >= 15 is 0 Å². The van der Waals surface area contributed by atoms with Gasteiger partial charge in [0, 0.05) is 25.7 Å². The highest BCUT2D eigenvalue weighted by molar-refractivity contribution is 9.11. The Morgan fingerprint density at radius 3 is 2.90 bits per heavy atom. The summed E-state index contributed by atoms with van der Waals surface area (Å²) in [6.07, 6.45) is 0. The number of methoxy groups -OCH3 is 1. The molecule has 1 atom stereocenters. The number of hydrogen-bond acceptors (Lipinski definition) is 6. The number of ether oxygens (including phenoxy) is 1. The van der Waals surface area contributed by atoms with E-state index in [1.54, 1.807) is 0 Å². The summed E-state index contributed by atoms with van der Waals surface area (Å²) in [6, 6.07) is 1.47. The average Bonchev–Trinajstić information content (AvgIpc) is 2.80. The molecule has 0 aliphatic carbocycles. The number of carbonyl (C=O) groups excluding carboxylic acids is 1. The molecule has 0 amide bonds. The molecule has 1 saturated heterocycles. The minimum atomic E-state index is -3.60. The lowest BCUT2D eigenvalue weighted by atomic mass is 10.3. The molecule has 1 N–H and O–H groups in total. The van der Waals surface area contributed by atoms with Crippen molar-refractivity contribution in [3.05, 3.63) is 14.7 Å². The standard InChI is InChI=1S/C11H15BrN2O4S2/c1-7-6-14(4-3-13-7)20(16,17)9-5-8(11(15)18-2)19-10(9)12/h5,7,13H,3-4,6H2,1-2H3/t7-/m1/s1. The van der Waals surface area contributed by atoms with Crippen LogP contribution in [0.4, 0.5) is 0 Å². The van der Waals surface area contributed by atoms with Crippen LogP contribution in [-0.2, 0) is 14.8 Å². The molecule has 6 nitrogen and oxygen atoms in total. The van der Waals surface area contributed by atoms with Crippen LogP contribution in [0.1, 0.15) is 16.6 Å². The second kappa shape index (κ2) is 6.10. The molecule has 1 aromatic rings. The molecular weight excluding hydrogens is 368 g/mol. The molecule has 1 fully saturated rings. The molecule has 20 heavy (non-hydrogen) atoms. The van der Waals surface area contributed by atoms with Crippen molar-refractivity contribution < 1.29 is 17.9 Å². The molecule has 1 aliphatic rings. The monoisotopic (exact) mass is 382 g/mol. The van der Waals surface area contributed by atoms with Crippen LogP contribution in [0.3, 0.4) is 0 Å². The van der Waals surface area contributed by atoms with Crippen molar-refractivity contribution in [1.82, 2.24) is 9.62 Å². The van der Waals surface area contributed by atoms with Crippen LogP contribution in [0.2, 0.25) is 0 Å². The number of sulfonamides is 1. The molecule has 0 aromatic carbocycles. The highest BCUT2D eigenvalue weighted by atomic mass is 79.9. The zero-order valence-corrected chi connectivity index (χ0v) is 14.3. The number of carbonyl (C=O) groups is 1. The van der Waals surface area contributed by atoms with Crippen molar-refractivity contribution in [2.45, 2.75) is 17.9 Å². The normalized spacial score (nSPS) is 20.9. The van der Waals surface area contributed by atoms with Crippen LogP contribution in [0.5, 0.6) is 0 Å². The molecule has 0 spiro atoms. The zero-order valence-electron chi connectivity index (χ0n) is 11.1. The smallest absolute Gasteiger partial charge is 0.348 e. The number of nitrogens with one attached hydrogen (secondary N) is 1. The number of rotatable bonds is 3. The van der Waals surface area contributed by atoms with Crippen LogP contribution in [0, 0.1) is 0 Å². The Morgan fingerprint density at radius 1 is 1.60 bits per heavy atom. The van der Waals surface area contributed by atoms with Gasteiger partial charge in [0.25, 0.3) is 0 Å². The van der Waals surface area contributed by atoms with E-state index in [9.17, 15) is 13.2 Å². The van der Waals surface area contributed by atoms with Crippen LogP contribution < -0.4 is 5.32 Å². The van der Waals surface area contributed by atoms with Crippen molar-refractivity contribution in [3.63, 3.8) is 0 Å². The first-order valence-corrected chi connectivity index (χ1v) is 9.02. The summed E-state index contributed by atoms with van der Waals surface area (Å²) in [5, 5.41) is 3.19. The van der Waals surface area contributed by atoms with Crippen LogP contribution in [0.25, 0.3) is 0 Å². The van der Waals surface area contributed by atoms with Gasteiger partial charge in [-0.1, -0.05) is 0 Å². The molecule has 112 valence electrons. The molecule has 2 heterocycles. The molecule has 0 radical (unpaired) electrons. The van der Waals surface area contributed by atoms with Gasteiger partial charge in [-0.3, -0.25) is 0 Å². The van der Waals surface area contributed by atoms with Crippen molar-refractivity contribution in [2.24, 2.45) is 0 Å². The zero-order chi connectivity index (χ0) is 14.9. The van der Waals surface area contributed by atoms with E-state index in [-0.39, 0.29) is 15.8 Å². The highest BCUT2D eigenvalue weighted by Gasteiger charge is 2.32. The number of nitrogens with zero attached hydrogens (tertiary/aromatic N) is 1. The Kier molecular flexibility index (Phi) is 4.85. The van der Waals surface area contributed by atoms with Crippen molar-refractivity contribution in [2.75, 3.05) is 26.7 Å². The van der Waals surface area contributed by atoms with Crippen LogP contribution >= 0.6 is 27.3 Å². The average molecular weight is 383 g/mol. The summed E-state index contributed by atoms with van der Waals surface area (Å²) in [6.45, 7) is 3.39. The first kappa shape index (κ1) is 15.9. The largest absolute Gasteiger partial charge is 0.465 e. The molecular formula is C11H15BrN2O4S2. The number of halogens is 1. The van der Waals surface area contributed by atoms with Gasteiger partial charge in [0.1, 0.15) is 9.77 Å². The summed E-state index contributed by atoms with van der Waals surface area (Å²) in [7, 11) is -2.33. The Bertz CT molecular complexity index is 614. The maximum absolute atomic E-state index is 12.6. The number of thiophene rings is 1. The van der Waals surface area contributed by atoms with Gasteiger partial charge in [-0.2, -0.15) is 4.31 Å². The van der Waals surface area contributed by atoms with Gasteiger partial charge in [0.2, 0.25) is 10.0 Å². The summed E-state index contributed by atoms with van der Waals surface area (Å²) >= 11 is 4.28.